The highest BCUT2D eigenvalue weighted by Crippen LogP contribution is 2.31. The maximum Gasteiger partial charge on any atom is 0.306 e. The minimum absolute atomic E-state index is 0.00986. The van der Waals surface area contributed by atoms with Gasteiger partial charge in [-0.05, 0) is 32.1 Å². The molecule has 0 radical (unpaired) electrons. The van der Waals surface area contributed by atoms with Crippen molar-refractivity contribution in [1.82, 2.24) is 10.4 Å². The first-order valence-electron chi connectivity index (χ1n) is 6.45. The Morgan fingerprint density at radius 3 is 2.29 bits per heavy atom. The maximum atomic E-state index is 11.9. The summed E-state index contributed by atoms with van der Waals surface area (Å²) in [5, 5.41) is 10.9. The van der Waals surface area contributed by atoms with Crippen LogP contribution in [0.4, 0.5) is 0 Å². The summed E-state index contributed by atoms with van der Waals surface area (Å²) in [7, 11) is 0. The van der Waals surface area contributed by atoms with Crippen molar-refractivity contribution in [2.24, 2.45) is 11.8 Å². The number of hydrogen-bond acceptors (Lipinski definition) is 3. The molecule has 5 nitrogen and oxygen atoms in total. The second-order valence-corrected chi connectivity index (χ2v) is 5.07. The van der Waals surface area contributed by atoms with E-state index in [9.17, 15) is 9.59 Å². The fraction of sp³-hybridized carbons (Fsp3) is 0.833. The van der Waals surface area contributed by atoms with Crippen LogP contribution in [0.2, 0.25) is 0 Å². The number of carboxylic acid groups (broad SMARTS) is 1. The molecule has 2 N–H and O–H groups in total. The van der Waals surface area contributed by atoms with Gasteiger partial charge in [0.05, 0.1) is 5.92 Å². The van der Waals surface area contributed by atoms with Crippen LogP contribution in [0.25, 0.3) is 0 Å². The van der Waals surface area contributed by atoms with Crippen molar-refractivity contribution in [3.63, 3.8) is 0 Å². The normalized spacial score (nSPS) is 30.1. The molecule has 1 amide bonds. The number of carboxylic acids is 1. The van der Waals surface area contributed by atoms with Crippen molar-refractivity contribution in [2.75, 3.05) is 13.1 Å². The smallest absolute Gasteiger partial charge is 0.306 e. The molecule has 2 atom stereocenters. The van der Waals surface area contributed by atoms with E-state index in [1.165, 1.54) is 6.42 Å². The highest BCUT2D eigenvalue weighted by atomic mass is 16.4. The summed E-state index contributed by atoms with van der Waals surface area (Å²) in [6.45, 7) is 1.83. The second-order valence-electron chi connectivity index (χ2n) is 5.07. The Kier molecular flexibility index (Phi) is 3.99. The highest BCUT2D eigenvalue weighted by Gasteiger charge is 2.34. The Morgan fingerprint density at radius 1 is 1.06 bits per heavy atom. The molecule has 0 spiro atoms. The van der Waals surface area contributed by atoms with Gasteiger partial charge < -0.3 is 5.11 Å². The van der Waals surface area contributed by atoms with Crippen LogP contribution in [0.1, 0.15) is 38.5 Å². The standard InChI is InChI=1S/C12H20N2O3/c15-11(13-14-6-2-1-3-7-14)9-4-5-10(8-9)12(16)17/h9-10H,1-8H2,(H,13,15)(H,16,17). The van der Waals surface area contributed by atoms with Gasteiger partial charge in [-0.2, -0.15) is 0 Å². The van der Waals surface area contributed by atoms with Crippen LogP contribution in [0.3, 0.4) is 0 Å². The van der Waals surface area contributed by atoms with E-state index in [4.69, 9.17) is 5.11 Å². The first-order chi connectivity index (χ1) is 8.16. The lowest BCUT2D eigenvalue weighted by Gasteiger charge is -2.28. The average Bonchev–Trinajstić information content (AvgIpc) is 2.79. The van der Waals surface area contributed by atoms with Crippen molar-refractivity contribution in [3.05, 3.63) is 0 Å². The van der Waals surface area contributed by atoms with Crippen molar-refractivity contribution >= 4 is 11.9 Å². The van der Waals surface area contributed by atoms with Crippen LogP contribution in [0.5, 0.6) is 0 Å². The number of hydrogen-bond donors (Lipinski definition) is 2. The summed E-state index contributed by atoms with van der Waals surface area (Å²) < 4.78 is 0. The fourth-order valence-corrected chi connectivity index (χ4v) is 2.70. The Hall–Kier alpha value is -1.10. The quantitative estimate of drug-likeness (QED) is 0.772. The van der Waals surface area contributed by atoms with Gasteiger partial charge in [0, 0.05) is 19.0 Å². The van der Waals surface area contributed by atoms with Gasteiger partial charge in [-0.1, -0.05) is 6.42 Å². The molecule has 0 bridgehead atoms. The number of piperidine rings is 1. The molecule has 1 saturated carbocycles. The molecule has 0 aromatic rings. The lowest BCUT2D eigenvalue weighted by atomic mass is 10.0. The van der Waals surface area contributed by atoms with Crippen LogP contribution < -0.4 is 5.43 Å². The first-order valence-corrected chi connectivity index (χ1v) is 6.45. The zero-order chi connectivity index (χ0) is 12.3. The molecule has 5 heteroatoms. The Balaban J connectivity index is 1.78. The van der Waals surface area contributed by atoms with E-state index in [0.29, 0.717) is 19.3 Å². The number of rotatable bonds is 3. The van der Waals surface area contributed by atoms with Crippen molar-refractivity contribution < 1.29 is 14.7 Å². The summed E-state index contributed by atoms with van der Waals surface area (Å²) in [6.07, 6.45) is 5.32. The van der Waals surface area contributed by atoms with Crippen LogP contribution in [0, 0.1) is 11.8 Å². The van der Waals surface area contributed by atoms with Crippen molar-refractivity contribution in [2.45, 2.75) is 38.5 Å². The number of nitrogens with zero attached hydrogens (tertiary/aromatic N) is 1. The molecule has 2 fully saturated rings. The molecule has 1 heterocycles. The zero-order valence-electron chi connectivity index (χ0n) is 10.0. The molecule has 0 aromatic heterocycles. The molecule has 0 aromatic carbocycles. The third-order valence-corrected chi connectivity index (χ3v) is 3.78. The number of amides is 1. The van der Waals surface area contributed by atoms with E-state index in [0.717, 1.165) is 25.9 Å². The van der Waals surface area contributed by atoms with E-state index in [-0.39, 0.29) is 17.7 Å². The molecule has 2 unspecified atom stereocenters. The molecule has 96 valence electrons. The van der Waals surface area contributed by atoms with Crippen LogP contribution in [-0.2, 0) is 9.59 Å². The van der Waals surface area contributed by atoms with E-state index < -0.39 is 5.97 Å². The number of carbonyl (C=O) groups is 2. The average molecular weight is 240 g/mol. The molecular weight excluding hydrogens is 220 g/mol. The van der Waals surface area contributed by atoms with E-state index in [1.54, 1.807) is 0 Å². The number of nitrogens with one attached hydrogen (secondary N) is 1. The Morgan fingerprint density at radius 2 is 1.71 bits per heavy atom. The summed E-state index contributed by atoms with van der Waals surface area (Å²) in [6, 6.07) is 0. The minimum Gasteiger partial charge on any atom is -0.481 e. The van der Waals surface area contributed by atoms with Crippen LogP contribution in [0.15, 0.2) is 0 Å². The van der Waals surface area contributed by atoms with Gasteiger partial charge in [-0.25, -0.2) is 5.01 Å². The first kappa shape index (κ1) is 12.4. The van der Waals surface area contributed by atoms with Crippen LogP contribution >= 0.6 is 0 Å². The van der Waals surface area contributed by atoms with Gasteiger partial charge in [-0.3, -0.25) is 15.0 Å². The number of carbonyl (C=O) groups excluding carboxylic acids is 1. The molecule has 1 saturated heterocycles. The molecule has 2 aliphatic rings. The lowest BCUT2D eigenvalue weighted by molar-refractivity contribution is -0.141. The predicted octanol–water partition coefficient (Wildman–Crippen LogP) is 1.00. The van der Waals surface area contributed by atoms with Crippen LogP contribution in [-0.4, -0.2) is 35.1 Å². The third kappa shape index (κ3) is 3.19. The maximum absolute atomic E-state index is 11.9. The molecule has 17 heavy (non-hydrogen) atoms. The third-order valence-electron chi connectivity index (χ3n) is 3.78. The van der Waals surface area contributed by atoms with E-state index in [2.05, 4.69) is 5.43 Å². The number of aliphatic carboxylic acids is 1. The lowest BCUT2D eigenvalue weighted by Crippen LogP contribution is -2.47. The van der Waals surface area contributed by atoms with Gasteiger partial charge in [-0.15, -0.1) is 0 Å². The summed E-state index contributed by atoms with van der Waals surface area (Å²) in [5.74, 6) is -1.20. The molecular formula is C12H20N2O3. The number of hydrazine groups is 1. The van der Waals surface area contributed by atoms with Gasteiger partial charge >= 0.3 is 5.97 Å². The Labute approximate surface area is 101 Å². The SMILES string of the molecule is O=C(O)C1CCC(C(=O)NN2CCCCC2)C1. The van der Waals surface area contributed by atoms with Crippen molar-refractivity contribution in [1.29, 1.82) is 0 Å². The summed E-state index contributed by atoms with van der Waals surface area (Å²) in [5.41, 5.74) is 2.92. The minimum atomic E-state index is -0.765. The van der Waals surface area contributed by atoms with Gasteiger partial charge in [0.15, 0.2) is 0 Å². The monoisotopic (exact) mass is 240 g/mol. The largest absolute Gasteiger partial charge is 0.481 e. The highest BCUT2D eigenvalue weighted by molar-refractivity contribution is 5.80. The Bertz CT molecular complexity index is 300. The second kappa shape index (κ2) is 5.49. The summed E-state index contributed by atoms with van der Waals surface area (Å²) in [4.78, 5) is 22.8. The fourth-order valence-electron chi connectivity index (χ4n) is 2.70. The van der Waals surface area contributed by atoms with Gasteiger partial charge in [0.25, 0.3) is 0 Å². The van der Waals surface area contributed by atoms with E-state index >= 15 is 0 Å². The topological polar surface area (TPSA) is 69.6 Å². The van der Waals surface area contributed by atoms with Crippen molar-refractivity contribution in [3.8, 4) is 0 Å². The van der Waals surface area contributed by atoms with Gasteiger partial charge in [0.2, 0.25) is 5.91 Å². The molecule has 2 rings (SSSR count). The summed E-state index contributed by atoms with van der Waals surface area (Å²) >= 11 is 0. The molecule has 1 aliphatic heterocycles. The molecule has 1 aliphatic carbocycles. The zero-order valence-corrected chi connectivity index (χ0v) is 10.0. The van der Waals surface area contributed by atoms with E-state index in [1.807, 2.05) is 5.01 Å². The van der Waals surface area contributed by atoms with Gasteiger partial charge in [0.1, 0.15) is 0 Å². The predicted molar refractivity (Wildman–Crippen MR) is 62.0 cm³/mol.